The van der Waals surface area contributed by atoms with Crippen molar-refractivity contribution < 1.29 is 4.42 Å². The molecule has 10 aromatic rings. The lowest BCUT2D eigenvalue weighted by Crippen LogP contribution is -2.34. The molecular weight excluding hydrogens is 707 g/mol. The molecule has 0 spiro atoms. The summed E-state index contributed by atoms with van der Waals surface area (Å²) in [5.41, 5.74) is 12.1. The first-order chi connectivity index (χ1) is 28.5. The van der Waals surface area contributed by atoms with Crippen molar-refractivity contribution in [3.05, 3.63) is 204 Å². The third-order valence-electron chi connectivity index (χ3n) is 12.5. The van der Waals surface area contributed by atoms with E-state index in [1.54, 1.807) is 0 Å². The molecule has 0 radical (unpaired) electrons. The van der Waals surface area contributed by atoms with Crippen molar-refractivity contribution in [2.24, 2.45) is 9.98 Å². The summed E-state index contributed by atoms with van der Waals surface area (Å²) in [5, 5.41) is 13.3. The Labute approximate surface area is 335 Å². The monoisotopic (exact) mass is 743 g/mol. The van der Waals surface area contributed by atoms with E-state index < -0.39 is 0 Å². The van der Waals surface area contributed by atoms with Gasteiger partial charge in [-0.25, -0.2) is 9.98 Å². The quantitative estimate of drug-likeness (QED) is 0.183. The molecule has 4 heteroatoms. The molecule has 4 nitrogen and oxygen atoms in total. The molecule has 1 atom stereocenters. The smallest absolute Gasteiger partial charge is 0.160 e. The fraction of sp³-hybridized carbons (Fsp3) is 0.0741. The van der Waals surface area contributed by atoms with Crippen LogP contribution in [0.1, 0.15) is 47.8 Å². The average Bonchev–Trinajstić information content (AvgIpc) is 3.77. The summed E-state index contributed by atoms with van der Waals surface area (Å²) in [6.07, 6.45) is -0.373. The summed E-state index contributed by atoms with van der Waals surface area (Å²) in [6, 6.07) is 63.0. The maximum Gasteiger partial charge on any atom is 0.160 e. The van der Waals surface area contributed by atoms with Gasteiger partial charge in [0.15, 0.2) is 5.84 Å². The van der Waals surface area contributed by atoms with Crippen molar-refractivity contribution >= 4 is 65.9 Å². The molecule has 2 heterocycles. The summed E-state index contributed by atoms with van der Waals surface area (Å²) >= 11 is 0. The van der Waals surface area contributed by atoms with Gasteiger partial charge < -0.3 is 9.73 Å². The van der Waals surface area contributed by atoms with Crippen LogP contribution in [0.15, 0.2) is 190 Å². The summed E-state index contributed by atoms with van der Waals surface area (Å²) in [6.45, 7) is 4.65. The normalized spacial score (nSPS) is 15.7. The minimum atomic E-state index is -0.373. The second kappa shape index (κ2) is 12.3. The van der Waals surface area contributed by atoms with E-state index in [9.17, 15) is 0 Å². The lowest BCUT2D eigenvalue weighted by Gasteiger charge is -2.26. The van der Waals surface area contributed by atoms with Gasteiger partial charge in [0.2, 0.25) is 0 Å². The Hall–Kier alpha value is -7.30. The number of benzene rings is 9. The number of rotatable bonds is 4. The highest BCUT2D eigenvalue weighted by molar-refractivity contribution is 6.24. The van der Waals surface area contributed by atoms with E-state index in [-0.39, 0.29) is 11.6 Å². The minimum Gasteiger partial charge on any atom is -0.456 e. The van der Waals surface area contributed by atoms with Crippen molar-refractivity contribution in [3.8, 4) is 22.3 Å². The van der Waals surface area contributed by atoms with Gasteiger partial charge in [-0.05, 0) is 90.0 Å². The number of nitrogens with one attached hydrogen (secondary N) is 1. The molecule has 274 valence electrons. The molecule has 1 aromatic heterocycles. The summed E-state index contributed by atoms with van der Waals surface area (Å²) in [4.78, 5) is 10.8. The zero-order valence-corrected chi connectivity index (χ0v) is 32.1. The van der Waals surface area contributed by atoms with Crippen LogP contribution in [0.2, 0.25) is 0 Å². The van der Waals surface area contributed by atoms with Gasteiger partial charge in [-0.3, -0.25) is 0 Å². The number of hydrogen-bond donors (Lipinski definition) is 1. The predicted octanol–water partition coefficient (Wildman–Crippen LogP) is 13.5. The lowest BCUT2D eigenvalue weighted by atomic mass is 9.82. The van der Waals surface area contributed by atoms with Crippen LogP contribution in [-0.4, -0.2) is 11.7 Å². The van der Waals surface area contributed by atoms with Crippen molar-refractivity contribution in [3.63, 3.8) is 0 Å². The van der Waals surface area contributed by atoms with Crippen molar-refractivity contribution in [2.75, 3.05) is 0 Å². The molecule has 1 aliphatic heterocycles. The molecule has 0 fully saturated rings. The average molecular weight is 744 g/mol. The van der Waals surface area contributed by atoms with Gasteiger partial charge in [-0.2, -0.15) is 0 Å². The summed E-state index contributed by atoms with van der Waals surface area (Å²) in [7, 11) is 0. The molecule has 0 bridgehead atoms. The number of aliphatic imine (C=N–C) groups is 2. The van der Waals surface area contributed by atoms with E-state index in [4.69, 9.17) is 14.4 Å². The Morgan fingerprint density at radius 2 is 1.22 bits per heavy atom. The molecular formula is C54H37N3O. The van der Waals surface area contributed by atoms with E-state index in [0.29, 0.717) is 5.84 Å². The Morgan fingerprint density at radius 1 is 0.500 bits per heavy atom. The minimum absolute atomic E-state index is 0.123. The van der Waals surface area contributed by atoms with Crippen LogP contribution in [0.4, 0.5) is 0 Å². The maximum atomic E-state index is 6.62. The molecule has 1 N–H and O–H groups in total. The van der Waals surface area contributed by atoms with Gasteiger partial charge in [0, 0.05) is 32.9 Å². The van der Waals surface area contributed by atoms with E-state index in [0.717, 1.165) is 50.0 Å². The van der Waals surface area contributed by atoms with Crippen LogP contribution in [0.5, 0.6) is 0 Å². The molecule has 2 aliphatic rings. The number of furan rings is 1. The number of nitrogens with zero attached hydrogens (tertiary/aromatic N) is 2. The molecule has 0 saturated carbocycles. The van der Waals surface area contributed by atoms with Crippen LogP contribution >= 0.6 is 0 Å². The van der Waals surface area contributed by atoms with Gasteiger partial charge in [0.1, 0.15) is 23.2 Å². The van der Waals surface area contributed by atoms with E-state index in [1.165, 1.54) is 60.1 Å². The Bertz CT molecular complexity index is 3410. The molecule has 1 unspecified atom stereocenters. The molecule has 1 aliphatic carbocycles. The molecule has 9 aromatic carbocycles. The highest BCUT2D eigenvalue weighted by Gasteiger charge is 2.38. The first kappa shape index (κ1) is 32.9. The first-order valence-electron chi connectivity index (χ1n) is 20.0. The molecule has 0 amide bonds. The maximum absolute atomic E-state index is 6.62. The zero-order valence-electron chi connectivity index (χ0n) is 32.1. The second-order valence-electron chi connectivity index (χ2n) is 16.1. The summed E-state index contributed by atoms with van der Waals surface area (Å²) in [5.74, 6) is 1.46. The molecule has 0 saturated heterocycles. The van der Waals surface area contributed by atoms with Crippen molar-refractivity contribution in [1.29, 1.82) is 0 Å². The predicted molar refractivity (Wildman–Crippen MR) is 241 cm³/mol. The Kier molecular flexibility index (Phi) is 7.00. The highest BCUT2D eigenvalue weighted by Crippen LogP contribution is 2.51. The van der Waals surface area contributed by atoms with Crippen molar-refractivity contribution in [1.82, 2.24) is 5.32 Å². The number of fused-ring (bicyclic) bond motifs is 11. The zero-order chi connectivity index (χ0) is 38.5. The Morgan fingerprint density at radius 3 is 2.12 bits per heavy atom. The largest absolute Gasteiger partial charge is 0.456 e. The lowest BCUT2D eigenvalue weighted by molar-refractivity contribution is 0.652. The van der Waals surface area contributed by atoms with Crippen LogP contribution in [0.25, 0.3) is 76.5 Å². The van der Waals surface area contributed by atoms with Crippen molar-refractivity contribution in [2.45, 2.75) is 25.4 Å². The fourth-order valence-corrected chi connectivity index (χ4v) is 9.76. The molecule has 58 heavy (non-hydrogen) atoms. The standard InChI is InChI=1S/C54H37N3O/c1-54(2)45-23-11-10-20-39(45)49-40(21-12-24-46(49)54)52-55-51(33-15-4-3-5-16-33)56-53(57-52)41-22-13-25-48-50(41)44-30-34(27-29-47(44)58-48)42-31-43-35-17-7-6-14-32(35)26-28-38(43)36-18-8-9-19-37(36)42/h3-31,52H,1-2H3,(H,55,56,57). The topological polar surface area (TPSA) is 49.9 Å². The van der Waals surface area contributed by atoms with Crippen LogP contribution in [-0.2, 0) is 5.41 Å². The third-order valence-corrected chi connectivity index (χ3v) is 12.5. The first-order valence-corrected chi connectivity index (χ1v) is 20.0. The van der Waals surface area contributed by atoms with E-state index in [1.807, 2.05) is 6.07 Å². The molecule has 12 rings (SSSR count). The Balaban J connectivity index is 1.08. The van der Waals surface area contributed by atoms with Gasteiger partial charge in [-0.1, -0.05) is 166 Å². The summed E-state index contributed by atoms with van der Waals surface area (Å²) < 4.78 is 6.62. The van der Waals surface area contributed by atoms with Crippen LogP contribution in [0, 0.1) is 0 Å². The van der Waals surface area contributed by atoms with Crippen LogP contribution in [0.3, 0.4) is 0 Å². The van der Waals surface area contributed by atoms with Gasteiger partial charge in [0.25, 0.3) is 0 Å². The number of hydrogen-bond acceptors (Lipinski definition) is 4. The van der Waals surface area contributed by atoms with Gasteiger partial charge >= 0.3 is 0 Å². The van der Waals surface area contributed by atoms with Gasteiger partial charge in [0.05, 0.1) is 0 Å². The second-order valence-corrected chi connectivity index (χ2v) is 16.1. The highest BCUT2D eigenvalue weighted by atomic mass is 16.3. The SMILES string of the molecule is CC1(C)c2ccccc2-c2c(C3N=C(c4cccc5oc6ccc(-c7cc8c9ccccc9ccc8c8ccccc78)cc6c45)N=C(c4ccccc4)N3)cccc21. The fourth-order valence-electron chi connectivity index (χ4n) is 9.76. The van der Waals surface area contributed by atoms with E-state index >= 15 is 0 Å². The van der Waals surface area contributed by atoms with Crippen LogP contribution < -0.4 is 5.32 Å². The number of amidine groups is 2. The van der Waals surface area contributed by atoms with Gasteiger partial charge in [-0.15, -0.1) is 0 Å². The third kappa shape index (κ3) is 4.81. The van der Waals surface area contributed by atoms with E-state index in [2.05, 4.69) is 189 Å².